The lowest BCUT2D eigenvalue weighted by atomic mass is 9.87. The van der Waals surface area contributed by atoms with Crippen molar-refractivity contribution < 1.29 is 27.6 Å². The first-order chi connectivity index (χ1) is 15.6. The fraction of sp³-hybridized carbons (Fsp3) is 0.364. The molecule has 11 heteroatoms. The van der Waals surface area contributed by atoms with E-state index in [4.69, 9.17) is 11.6 Å². The lowest BCUT2D eigenvalue weighted by Gasteiger charge is -2.38. The van der Waals surface area contributed by atoms with E-state index in [0.717, 1.165) is 17.2 Å². The highest BCUT2D eigenvalue weighted by Gasteiger charge is 2.47. The third kappa shape index (κ3) is 4.95. The number of rotatable bonds is 6. The van der Waals surface area contributed by atoms with Crippen molar-refractivity contribution >= 4 is 35.0 Å². The van der Waals surface area contributed by atoms with Crippen LogP contribution in [0.2, 0.25) is 5.02 Å². The van der Waals surface area contributed by atoms with Gasteiger partial charge >= 0.3 is 0 Å². The molecule has 1 aromatic heterocycles. The second-order valence-corrected chi connectivity index (χ2v) is 8.53. The summed E-state index contributed by atoms with van der Waals surface area (Å²) in [6.45, 7) is 0. The summed E-state index contributed by atoms with van der Waals surface area (Å²) >= 11 is 6.35. The predicted octanol–water partition coefficient (Wildman–Crippen LogP) is 3.14. The second kappa shape index (κ2) is 9.01. The van der Waals surface area contributed by atoms with E-state index in [-0.39, 0.29) is 35.0 Å². The third-order valence-electron chi connectivity index (χ3n) is 5.64. The molecule has 7 nitrogen and oxygen atoms in total. The van der Waals surface area contributed by atoms with E-state index in [0.29, 0.717) is 0 Å². The summed E-state index contributed by atoms with van der Waals surface area (Å²) in [6.07, 6.45) is 1.38. The minimum Gasteiger partial charge on any atom is -0.351 e. The quantitative estimate of drug-likeness (QED) is 0.664. The number of nitrogens with zero attached hydrogens (tertiary/aromatic N) is 2. The minimum absolute atomic E-state index is 0.0415. The second-order valence-electron chi connectivity index (χ2n) is 8.12. The average Bonchev–Trinajstić information content (AvgIpc) is 3.17. The topological polar surface area (TPSA) is 91.4 Å². The molecular weight excluding hydrogens is 461 g/mol. The van der Waals surface area contributed by atoms with Crippen molar-refractivity contribution in [1.29, 1.82) is 0 Å². The molecule has 2 N–H and O–H groups in total. The summed E-state index contributed by atoms with van der Waals surface area (Å²) in [4.78, 5) is 43.4. The number of hydrogen-bond donors (Lipinski definition) is 2. The fourth-order valence-corrected chi connectivity index (χ4v) is 4.28. The van der Waals surface area contributed by atoms with E-state index in [1.807, 2.05) is 0 Å². The number of benzene rings is 1. The van der Waals surface area contributed by atoms with Gasteiger partial charge in [-0.05, 0) is 12.5 Å². The van der Waals surface area contributed by atoms with Crippen LogP contribution >= 0.6 is 11.6 Å². The Labute approximate surface area is 192 Å². The predicted molar refractivity (Wildman–Crippen MR) is 113 cm³/mol. The summed E-state index contributed by atoms with van der Waals surface area (Å²) in [5, 5.41) is 5.24. The zero-order valence-electron chi connectivity index (χ0n) is 17.2. The molecule has 0 radical (unpaired) electrons. The van der Waals surface area contributed by atoms with Gasteiger partial charge in [0.25, 0.3) is 11.8 Å². The van der Waals surface area contributed by atoms with Gasteiger partial charge in [0.1, 0.15) is 17.9 Å². The SMILES string of the molecule is O=C1CCC(C(=O)N(c2cncc(F)c2)C(C(=O)NC2CC(F)(F)C2)c2ccccc2Cl)N1. The Morgan fingerprint density at radius 3 is 2.58 bits per heavy atom. The van der Waals surface area contributed by atoms with E-state index < -0.39 is 54.5 Å². The van der Waals surface area contributed by atoms with Crippen LogP contribution in [0, 0.1) is 5.82 Å². The number of carbonyl (C=O) groups is 3. The number of nitrogens with one attached hydrogen (secondary N) is 2. The summed E-state index contributed by atoms with van der Waals surface area (Å²) in [5.74, 6) is -5.38. The number of amides is 3. The van der Waals surface area contributed by atoms with Crippen molar-refractivity contribution in [2.24, 2.45) is 0 Å². The Bertz CT molecular complexity index is 1090. The maximum atomic E-state index is 14.1. The molecule has 0 spiro atoms. The van der Waals surface area contributed by atoms with E-state index in [1.165, 1.54) is 18.3 Å². The maximum absolute atomic E-state index is 14.1. The first-order valence-corrected chi connectivity index (χ1v) is 10.7. The Balaban J connectivity index is 1.77. The standard InChI is InChI=1S/C22H20ClF3N4O3/c23-16-4-2-1-3-15(16)19(20(32)28-13-8-22(25,26)9-13)30(14-7-12(24)10-27-11-14)21(33)17-5-6-18(31)29-17/h1-4,7,10-11,13,17,19H,5-6,8-9H2,(H,28,32)(H,29,31). The van der Waals surface area contributed by atoms with Gasteiger partial charge in [-0.15, -0.1) is 0 Å². The van der Waals surface area contributed by atoms with Gasteiger partial charge in [-0.3, -0.25) is 24.3 Å². The molecule has 174 valence electrons. The van der Waals surface area contributed by atoms with Crippen LogP contribution in [-0.4, -0.2) is 40.7 Å². The lowest BCUT2D eigenvalue weighted by Crippen LogP contribution is -2.55. The molecule has 1 aliphatic carbocycles. The normalized spacial score (nSPS) is 20.5. The molecule has 3 amide bonds. The van der Waals surface area contributed by atoms with E-state index in [2.05, 4.69) is 15.6 Å². The molecule has 2 unspecified atom stereocenters. The van der Waals surface area contributed by atoms with Crippen LogP contribution in [0.4, 0.5) is 18.9 Å². The van der Waals surface area contributed by atoms with Crippen LogP contribution in [0.5, 0.6) is 0 Å². The van der Waals surface area contributed by atoms with E-state index in [1.54, 1.807) is 12.1 Å². The van der Waals surface area contributed by atoms with Crippen LogP contribution in [0.25, 0.3) is 0 Å². The van der Waals surface area contributed by atoms with Crippen molar-refractivity contribution in [3.05, 3.63) is 59.1 Å². The number of hydrogen-bond acceptors (Lipinski definition) is 4. The monoisotopic (exact) mass is 480 g/mol. The number of pyridine rings is 1. The molecule has 33 heavy (non-hydrogen) atoms. The first kappa shape index (κ1) is 23.0. The highest BCUT2D eigenvalue weighted by molar-refractivity contribution is 6.31. The molecule has 2 aliphatic rings. The first-order valence-electron chi connectivity index (χ1n) is 10.3. The number of halogens is 4. The molecule has 2 heterocycles. The molecule has 1 aromatic carbocycles. The van der Waals surface area contributed by atoms with E-state index >= 15 is 0 Å². The summed E-state index contributed by atoms with van der Waals surface area (Å²) in [7, 11) is 0. The molecule has 0 bridgehead atoms. The van der Waals surface area contributed by atoms with E-state index in [9.17, 15) is 27.6 Å². The van der Waals surface area contributed by atoms with Crippen LogP contribution in [-0.2, 0) is 14.4 Å². The van der Waals surface area contributed by atoms with Crippen LogP contribution < -0.4 is 15.5 Å². The number of alkyl halides is 2. The number of anilines is 1. The third-order valence-corrected chi connectivity index (χ3v) is 5.99. The molecule has 4 rings (SSSR count). The maximum Gasteiger partial charge on any atom is 0.252 e. The Morgan fingerprint density at radius 1 is 1.24 bits per heavy atom. The van der Waals surface area contributed by atoms with Crippen molar-refractivity contribution in [2.45, 2.75) is 49.7 Å². The van der Waals surface area contributed by atoms with Crippen LogP contribution in [0.1, 0.15) is 37.3 Å². The van der Waals surface area contributed by atoms with Gasteiger partial charge in [0.2, 0.25) is 11.8 Å². The average molecular weight is 481 g/mol. The van der Waals surface area contributed by atoms with Crippen molar-refractivity contribution in [3.8, 4) is 0 Å². The Morgan fingerprint density at radius 2 is 1.97 bits per heavy atom. The van der Waals surface area contributed by atoms with Gasteiger partial charge in [0.05, 0.1) is 18.1 Å². The summed E-state index contributed by atoms with van der Waals surface area (Å²) in [5.41, 5.74) is 0.171. The van der Waals surface area contributed by atoms with Crippen molar-refractivity contribution in [2.75, 3.05) is 4.90 Å². The highest BCUT2D eigenvalue weighted by Crippen LogP contribution is 2.39. The molecular formula is C22H20ClF3N4O3. The molecule has 1 saturated carbocycles. The van der Waals surface area contributed by atoms with Crippen LogP contribution in [0.15, 0.2) is 42.7 Å². The van der Waals surface area contributed by atoms with Crippen molar-refractivity contribution in [3.63, 3.8) is 0 Å². The molecule has 1 saturated heterocycles. The van der Waals surface area contributed by atoms with Gasteiger partial charge in [-0.25, -0.2) is 13.2 Å². The smallest absolute Gasteiger partial charge is 0.252 e. The zero-order chi connectivity index (χ0) is 23.8. The fourth-order valence-electron chi connectivity index (χ4n) is 4.04. The Kier molecular flexibility index (Phi) is 6.29. The van der Waals surface area contributed by atoms with Gasteiger partial charge in [0, 0.05) is 42.0 Å². The highest BCUT2D eigenvalue weighted by atomic mass is 35.5. The van der Waals surface area contributed by atoms with Gasteiger partial charge in [-0.1, -0.05) is 29.8 Å². The summed E-state index contributed by atoms with van der Waals surface area (Å²) < 4.78 is 40.7. The Hall–Kier alpha value is -3.14. The lowest BCUT2D eigenvalue weighted by molar-refractivity contribution is -0.133. The van der Waals surface area contributed by atoms with Gasteiger partial charge < -0.3 is 10.6 Å². The zero-order valence-corrected chi connectivity index (χ0v) is 18.0. The van der Waals surface area contributed by atoms with Crippen LogP contribution in [0.3, 0.4) is 0 Å². The molecule has 2 fully saturated rings. The number of aromatic nitrogens is 1. The minimum atomic E-state index is -2.87. The molecule has 2 aromatic rings. The summed E-state index contributed by atoms with van der Waals surface area (Å²) in [6, 6.07) is 4.12. The molecule has 1 aliphatic heterocycles. The molecule has 2 atom stereocenters. The van der Waals surface area contributed by atoms with Gasteiger partial charge in [-0.2, -0.15) is 0 Å². The number of carbonyl (C=O) groups excluding carboxylic acids is 3. The largest absolute Gasteiger partial charge is 0.351 e. The van der Waals surface area contributed by atoms with Crippen molar-refractivity contribution in [1.82, 2.24) is 15.6 Å². The van der Waals surface area contributed by atoms with Gasteiger partial charge in [0.15, 0.2) is 0 Å².